The van der Waals surface area contributed by atoms with Crippen molar-refractivity contribution in [2.75, 3.05) is 74.1 Å². The van der Waals surface area contributed by atoms with Gasteiger partial charge in [0, 0.05) is 58.6 Å². The minimum absolute atomic E-state index is 0.121. The van der Waals surface area contributed by atoms with E-state index >= 15 is 0 Å². The number of aromatic nitrogens is 2. The van der Waals surface area contributed by atoms with Crippen LogP contribution in [0.2, 0.25) is 0 Å². The Kier molecular flexibility index (Phi) is 5.26. The van der Waals surface area contributed by atoms with Gasteiger partial charge in [-0.15, -0.1) is 0 Å². The summed E-state index contributed by atoms with van der Waals surface area (Å²) >= 11 is 0. The van der Waals surface area contributed by atoms with E-state index in [0.717, 1.165) is 51.0 Å². The minimum atomic E-state index is -0.463. The van der Waals surface area contributed by atoms with Crippen LogP contribution < -0.4 is 14.7 Å². The van der Waals surface area contributed by atoms with Crippen LogP contribution in [0.1, 0.15) is 5.56 Å². The van der Waals surface area contributed by atoms with Crippen LogP contribution in [0.15, 0.2) is 30.5 Å². The Morgan fingerprint density at radius 2 is 1.61 bits per heavy atom. The molecule has 7 nitrogen and oxygen atoms in total. The SMILES string of the molecule is CN1CCN(c2nccc(N3CCN(c4cccc(F)c4C#N)CC3)n2)CC1. The topological polar surface area (TPSA) is 62.5 Å². The number of halogens is 1. The fourth-order valence-corrected chi connectivity index (χ4v) is 3.74. The van der Waals surface area contributed by atoms with Crippen LogP contribution >= 0.6 is 0 Å². The van der Waals surface area contributed by atoms with Crippen molar-refractivity contribution in [3.05, 3.63) is 41.8 Å². The summed E-state index contributed by atoms with van der Waals surface area (Å²) in [7, 11) is 2.13. The van der Waals surface area contributed by atoms with Gasteiger partial charge in [0.05, 0.1) is 5.69 Å². The van der Waals surface area contributed by atoms with E-state index in [-0.39, 0.29) is 5.56 Å². The number of nitrogens with zero attached hydrogens (tertiary/aromatic N) is 7. The second-order valence-electron chi connectivity index (χ2n) is 7.23. The van der Waals surface area contributed by atoms with Gasteiger partial charge >= 0.3 is 0 Å². The van der Waals surface area contributed by atoms with Crippen LogP contribution in [-0.4, -0.2) is 74.3 Å². The molecule has 1 aromatic heterocycles. The fourth-order valence-electron chi connectivity index (χ4n) is 3.74. The van der Waals surface area contributed by atoms with Crippen LogP contribution in [0.5, 0.6) is 0 Å². The zero-order valence-corrected chi connectivity index (χ0v) is 16.1. The molecule has 0 amide bonds. The summed E-state index contributed by atoms with van der Waals surface area (Å²) < 4.78 is 13.9. The molecule has 2 fully saturated rings. The highest BCUT2D eigenvalue weighted by Crippen LogP contribution is 2.25. The first-order chi connectivity index (χ1) is 13.7. The third-order valence-corrected chi connectivity index (χ3v) is 5.46. The molecule has 0 N–H and O–H groups in total. The van der Waals surface area contributed by atoms with Gasteiger partial charge in [-0.3, -0.25) is 0 Å². The lowest BCUT2D eigenvalue weighted by Gasteiger charge is -2.37. The molecule has 0 bridgehead atoms. The average molecular weight is 381 g/mol. The Hall–Kier alpha value is -2.92. The van der Waals surface area contributed by atoms with Crippen LogP contribution in [-0.2, 0) is 0 Å². The minimum Gasteiger partial charge on any atom is -0.367 e. The molecule has 0 saturated carbocycles. The van der Waals surface area contributed by atoms with E-state index in [2.05, 4.69) is 31.6 Å². The van der Waals surface area contributed by atoms with Gasteiger partial charge in [0.15, 0.2) is 0 Å². The average Bonchev–Trinajstić information content (AvgIpc) is 2.74. The van der Waals surface area contributed by atoms with Crippen molar-refractivity contribution >= 4 is 17.5 Å². The number of benzene rings is 1. The first-order valence-electron chi connectivity index (χ1n) is 9.61. The van der Waals surface area contributed by atoms with E-state index < -0.39 is 5.82 Å². The summed E-state index contributed by atoms with van der Waals surface area (Å²) in [6.45, 7) is 6.86. The number of rotatable bonds is 3. The normalized spacial score (nSPS) is 18.2. The highest BCUT2D eigenvalue weighted by atomic mass is 19.1. The molecule has 0 radical (unpaired) electrons. The van der Waals surface area contributed by atoms with E-state index in [1.165, 1.54) is 6.07 Å². The van der Waals surface area contributed by atoms with E-state index in [9.17, 15) is 9.65 Å². The molecule has 4 rings (SSSR count). The zero-order valence-electron chi connectivity index (χ0n) is 16.1. The number of hydrogen-bond acceptors (Lipinski definition) is 7. The van der Waals surface area contributed by atoms with Crippen LogP contribution in [0.25, 0.3) is 0 Å². The number of piperazine rings is 2. The Labute approximate surface area is 164 Å². The Morgan fingerprint density at radius 3 is 2.32 bits per heavy atom. The lowest BCUT2D eigenvalue weighted by molar-refractivity contribution is 0.311. The van der Waals surface area contributed by atoms with Gasteiger partial charge in [-0.05, 0) is 25.2 Å². The highest BCUT2D eigenvalue weighted by molar-refractivity contribution is 5.61. The summed E-state index contributed by atoms with van der Waals surface area (Å²) in [5, 5.41) is 9.28. The summed E-state index contributed by atoms with van der Waals surface area (Å²) in [5.74, 6) is 1.24. The molecule has 28 heavy (non-hydrogen) atoms. The summed E-state index contributed by atoms with van der Waals surface area (Å²) in [5.41, 5.74) is 0.790. The van der Waals surface area contributed by atoms with Crippen molar-refractivity contribution in [3.63, 3.8) is 0 Å². The van der Waals surface area contributed by atoms with Crippen LogP contribution in [0, 0.1) is 17.1 Å². The highest BCUT2D eigenvalue weighted by Gasteiger charge is 2.23. The first-order valence-corrected chi connectivity index (χ1v) is 9.61. The van der Waals surface area contributed by atoms with Gasteiger partial charge in [-0.1, -0.05) is 6.07 Å². The van der Waals surface area contributed by atoms with E-state index in [0.29, 0.717) is 18.8 Å². The number of nitriles is 1. The number of likely N-dealkylation sites (N-methyl/N-ethyl adjacent to an activating group) is 1. The zero-order chi connectivity index (χ0) is 19.5. The third-order valence-electron chi connectivity index (χ3n) is 5.46. The predicted molar refractivity (Wildman–Crippen MR) is 107 cm³/mol. The molecule has 2 saturated heterocycles. The van der Waals surface area contributed by atoms with Crippen molar-refractivity contribution in [2.24, 2.45) is 0 Å². The monoisotopic (exact) mass is 381 g/mol. The Balaban J connectivity index is 1.44. The molecule has 2 aliphatic heterocycles. The maximum absolute atomic E-state index is 13.9. The second-order valence-corrected chi connectivity index (χ2v) is 7.23. The number of anilines is 3. The van der Waals surface area contributed by atoms with Crippen molar-refractivity contribution < 1.29 is 4.39 Å². The fraction of sp³-hybridized carbons (Fsp3) is 0.450. The maximum Gasteiger partial charge on any atom is 0.227 e. The summed E-state index contributed by atoms with van der Waals surface area (Å²) in [4.78, 5) is 18.1. The van der Waals surface area contributed by atoms with E-state index in [1.54, 1.807) is 6.07 Å². The van der Waals surface area contributed by atoms with Gasteiger partial charge in [0.25, 0.3) is 0 Å². The quantitative estimate of drug-likeness (QED) is 0.800. The van der Waals surface area contributed by atoms with E-state index in [1.807, 2.05) is 24.4 Å². The lowest BCUT2D eigenvalue weighted by Crippen LogP contribution is -2.47. The summed E-state index contributed by atoms with van der Waals surface area (Å²) in [6, 6.07) is 8.74. The molecule has 0 unspecified atom stereocenters. The molecule has 0 spiro atoms. The predicted octanol–water partition coefficient (Wildman–Crippen LogP) is 1.57. The second kappa shape index (κ2) is 7.98. The molecule has 1 aromatic carbocycles. The first kappa shape index (κ1) is 18.4. The van der Waals surface area contributed by atoms with Gasteiger partial charge < -0.3 is 19.6 Å². The molecule has 0 aliphatic carbocycles. The molecular weight excluding hydrogens is 357 g/mol. The van der Waals surface area contributed by atoms with E-state index in [4.69, 9.17) is 4.98 Å². The third kappa shape index (κ3) is 3.71. The van der Waals surface area contributed by atoms with Crippen LogP contribution in [0.4, 0.5) is 21.8 Å². The van der Waals surface area contributed by atoms with Gasteiger partial charge in [-0.2, -0.15) is 10.2 Å². The van der Waals surface area contributed by atoms with Crippen LogP contribution in [0.3, 0.4) is 0 Å². The molecule has 8 heteroatoms. The molecule has 2 aliphatic rings. The summed E-state index contributed by atoms with van der Waals surface area (Å²) in [6.07, 6.45) is 1.82. The maximum atomic E-state index is 13.9. The smallest absolute Gasteiger partial charge is 0.227 e. The Morgan fingerprint density at radius 1 is 0.929 bits per heavy atom. The molecule has 146 valence electrons. The largest absolute Gasteiger partial charge is 0.367 e. The molecular formula is C20H24FN7. The van der Waals surface area contributed by atoms with Crippen molar-refractivity contribution in [3.8, 4) is 6.07 Å². The Bertz CT molecular complexity index is 865. The van der Waals surface area contributed by atoms with Crippen molar-refractivity contribution in [1.82, 2.24) is 14.9 Å². The molecule has 0 atom stereocenters. The standard InChI is InChI=1S/C20H24FN7/c1-25-7-9-28(10-8-25)20-23-6-5-19(24-20)27-13-11-26(12-14-27)18-4-2-3-17(21)16(18)15-22/h2-6H,7-14H2,1H3. The molecule has 2 aromatic rings. The lowest BCUT2D eigenvalue weighted by atomic mass is 10.1. The van der Waals surface area contributed by atoms with Gasteiger partial charge in [0.2, 0.25) is 5.95 Å². The van der Waals surface area contributed by atoms with Crippen molar-refractivity contribution in [1.29, 1.82) is 5.26 Å². The number of hydrogen-bond donors (Lipinski definition) is 0. The van der Waals surface area contributed by atoms with Gasteiger partial charge in [0.1, 0.15) is 23.3 Å². The molecule has 3 heterocycles. The van der Waals surface area contributed by atoms with Crippen molar-refractivity contribution in [2.45, 2.75) is 0 Å². The van der Waals surface area contributed by atoms with Gasteiger partial charge in [-0.25, -0.2) is 9.37 Å².